The molecule has 0 saturated carbocycles. The van der Waals surface area contributed by atoms with E-state index in [9.17, 15) is 25.2 Å². The van der Waals surface area contributed by atoms with E-state index in [1.54, 1.807) is 0 Å². The summed E-state index contributed by atoms with van der Waals surface area (Å²) < 4.78 is 0. The largest absolute Gasteiger partial charge is 0.394 e. The van der Waals surface area contributed by atoms with Crippen molar-refractivity contribution in [3.63, 3.8) is 0 Å². The highest BCUT2D eigenvalue weighted by Gasteiger charge is 2.28. The molecule has 0 aliphatic carbocycles. The molecule has 0 radical (unpaired) electrons. The first-order valence-corrected chi connectivity index (χ1v) is 20.9. The molecule has 0 spiro atoms. The van der Waals surface area contributed by atoms with Crippen molar-refractivity contribution in [3.05, 3.63) is 0 Å². The molecule has 4 atom stereocenters. The minimum absolute atomic E-state index is 0.375. The van der Waals surface area contributed by atoms with Gasteiger partial charge in [-0.1, -0.05) is 213 Å². The van der Waals surface area contributed by atoms with Crippen LogP contribution in [0.15, 0.2) is 0 Å². The van der Waals surface area contributed by atoms with Crippen LogP contribution in [0.2, 0.25) is 0 Å². The molecule has 2 unspecified atom stereocenters. The average Bonchev–Trinajstić information content (AvgIpc) is 3.07. The number of unbranched alkanes of at least 4 members (excludes halogenated alkanes) is 29. The number of carbonyl (C=O) groups excluding carboxylic acids is 1. The zero-order valence-corrected chi connectivity index (χ0v) is 31.5. The lowest BCUT2D eigenvalue weighted by molar-refractivity contribution is -0.132. The maximum atomic E-state index is 12.5. The van der Waals surface area contributed by atoms with Gasteiger partial charge in [-0.25, -0.2) is 0 Å². The van der Waals surface area contributed by atoms with Gasteiger partial charge < -0.3 is 25.7 Å². The first-order valence-electron chi connectivity index (χ1n) is 20.9. The monoisotopic (exact) mass is 670 g/mol. The maximum absolute atomic E-state index is 12.5. The van der Waals surface area contributed by atoms with Crippen molar-refractivity contribution in [2.45, 2.75) is 250 Å². The van der Waals surface area contributed by atoms with Crippen molar-refractivity contribution in [2.24, 2.45) is 0 Å². The number of hydrogen-bond acceptors (Lipinski definition) is 5. The molecule has 0 aliphatic heterocycles. The number of rotatable bonds is 38. The lowest BCUT2D eigenvalue weighted by Crippen LogP contribution is -2.53. The number of aliphatic hydroxyl groups is 4. The summed E-state index contributed by atoms with van der Waals surface area (Å²) >= 11 is 0. The van der Waals surface area contributed by atoms with Gasteiger partial charge >= 0.3 is 0 Å². The van der Waals surface area contributed by atoms with Crippen LogP contribution >= 0.6 is 0 Å². The molecule has 0 aliphatic rings. The summed E-state index contributed by atoms with van der Waals surface area (Å²) in [6.07, 6.45) is 37.0. The normalized spacial score (nSPS) is 14.3. The van der Waals surface area contributed by atoms with Crippen LogP contribution in [0.4, 0.5) is 0 Å². The van der Waals surface area contributed by atoms with Gasteiger partial charge in [-0.15, -0.1) is 0 Å². The van der Waals surface area contributed by atoms with Crippen LogP contribution < -0.4 is 5.32 Å². The summed E-state index contributed by atoms with van der Waals surface area (Å²) in [5, 5.41) is 43.6. The molecule has 47 heavy (non-hydrogen) atoms. The molecule has 0 aromatic carbocycles. The van der Waals surface area contributed by atoms with Crippen LogP contribution in [0.3, 0.4) is 0 Å². The second kappa shape index (κ2) is 36.6. The first kappa shape index (κ1) is 46.3. The molecule has 0 aromatic heterocycles. The van der Waals surface area contributed by atoms with Gasteiger partial charge in [-0.05, 0) is 12.8 Å². The average molecular weight is 670 g/mol. The Morgan fingerprint density at radius 2 is 0.723 bits per heavy atom. The highest BCUT2D eigenvalue weighted by atomic mass is 16.3. The molecule has 0 heterocycles. The molecule has 0 aromatic rings. The van der Waals surface area contributed by atoms with Gasteiger partial charge in [0.1, 0.15) is 12.2 Å². The molecule has 1 amide bonds. The third kappa shape index (κ3) is 31.1. The Labute approximate surface area is 292 Å². The van der Waals surface area contributed by atoms with Gasteiger partial charge in [0.15, 0.2) is 0 Å². The van der Waals surface area contributed by atoms with Crippen molar-refractivity contribution >= 4 is 5.91 Å². The lowest BCUT2D eigenvalue weighted by Gasteiger charge is -2.27. The van der Waals surface area contributed by atoms with E-state index < -0.39 is 36.9 Å². The molecule has 0 saturated heterocycles. The topological polar surface area (TPSA) is 110 Å². The van der Waals surface area contributed by atoms with Crippen molar-refractivity contribution < 1.29 is 25.2 Å². The molecule has 0 fully saturated rings. The van der Waals surface area contributed by atoms with E-state index in [1.165, 1.54) is 161 Å². The van der Waals surface area contributed by atoms with E-state index in [1.807, 2.05) is 0 Å². The van der Waals surface area contributed by atoms with E-state index in [4.69, 9.17) is 0 Å². The number of aliphatic hydroxyl groups excluding tert-OH is 4. The molecular weight excluding hydrogens is 586 g/mol. The summed E-state index contributed by atoms with van der Waals surface area (Å²) in [5.41, 5.74) is 0. The number of carbonyl (C=O) groups is 1. The molecular formula is C41H83NO5. The Kier molecular flexibility index (Phi) is 36.0. The van der Waals surface area contributed by atoms with Crippen LogP contribution in [-0.4, -0.2) is 57.3 Å². The second-order valence-corrected chi connectivity index (χ2v) is 14.7. The predicted molar refractivity (Wildman–Crippen MR) is 201 cm³/mol. The number of amides is 1. The summed E-state index contributed by atoms with van der Waals surface area (Å²) in [6.45, 7) is 4.05. The number of nitrogens with one attached hydrogen (secondary N) is 1. The fourth-order valence-corrected chi connectivity index (χ4v) is 6.70. The van der Waals surface area contributed by atoms with Crippen molar-refractivity contribution in [1.29, 1.82) is 0 Å². The van der Waals surface area contributed by atoms with E-state index in [2.05, 4.69) is 19.2 Å². The Balaban J connectivity index is 3.70. The SMILES string of the molecule is CCCCCCCCCCCCCCCCCCCCCC(O)C(=O)N[C@H](CO)[C@H](O)C(O)CCCCCCCCCCCCCC. The van der Waals surface area contributed by atoms with Crippen LogP contribution in [0.5, 0.6) is 0 Å². The van der Waals surface area contributed by atoms with Gasteiger partial charge in [0.25, 0.3) is 0 Å². The zero-order chi connectivity index (χ0) is 34.6. The molecule has 282 valence electrons. The Morgan fingerprint density at radius 1 is 0.447 bits per heavy atom. The Morgan fingerprint density at radius 3 is 1.02 bits per heavy atom. The second-order valence-electron chi connectivity index (χ2n) is 14.7. The highest BCUT2D eigenvalue weighted by molar-refractivity contribution is 5.80. The maximum Gasteiger partial charge on any atom is 0.249 e. The van der Waals surface area contributed by atoms with Crippen LogP contribution in [0.25, 0.3) is 0 Å². The number of hydrogen-bond donors (Lipinski definition) is 5. The van der Waals surface area contributed by atoms with Crippen LogP contribution in [0, 0.1) is 0 Å². The Hall–Kier alpha value is -0.690. The molecule has 5 N–H and O–H groups in total. The van der Waals surface area contributed by atoms with Crippen molar-refractivity contribution in [1.82, 2.24) is 5.32 Å². The summed E-state index contributed by atoms with van der Waals surface area (Å²) in [5.74, 6) is -0.580. The smallest absolute Gasteiger partial charge is 0.249 e. The van der Waals surface area contributed by atoms with Crippen molar-refractivity contribution in [3.8, 4) is 0 Å². The van der Waals surface area contributed by atoms with Crippen LogP contribution in [0.1, 0.15) is 226 Å². The summed E-state index contributed by atoms with van der Waals surface area (Å²) in [4.78, 5) is 12.5. The quantitative estimate of drug-likeness (QED) is 0.0420. The van der Waals surface area contributed by atoms with Gasteiger partial charge in [-0.2, -0.15) is 0 Å². The molecule has 6 heteroatoms. The van der Waals surface area contributed by atoms with Crippen molar-refractivity contribution in [2.75, 3.05) is 6.61 Å². The Bertz CT molecular complexity index is 633. The summed E-state index contributed by atoms with van der Waals surface area (Å²) in [6, 6.07) is -0.977. The van der Waals surface area contributed by atoms with Gasteiger partial charge in [0.2, 0.25) is 5.91 Å². The third-order valence-corrected chi connectivity index (χ3v) is 10.1. The molecule has 0 bridgehead atoms. The minimum Gasteiger partial charge on any atom is -0.394 e. The standard InChI is InChI=1S/C41H83NO5/c1-3-5-7-9-11-13-15-17-18-19-20-21-22-23-25-27-29-31-33-35-39(45)41(47)42-37(36-43)40(46)38(44)34-32-30-28-26-24-16-14-12-10-8-6-4-2/h37-40,43-46H,3-36H2,1-2H3,(H,42,47)/t37-,38?,39?,40+/m1/s1. The minimum atomic E-state index is -1.25. The fourth-order valence-electron chi connectivity index (χ4n) is 6.70. The van der Waals surface area contributed by atoms with Gasteiger partial charge in [-0.3, -0.25) is 4.79 Å². The predicted octanol–water partition coefficient (Wildman–Crippen LogP) is 10.5. The van der Waals surface area contributed by atoms with Gasteiger partial charge in [0.05, 0.1) is 18.8 Å². The van der Waals surface area contributed by atoms with E-state index in [0.717, 1.165) is 38.5 Å². The zero-order valence-electron chi connectivity index (χ0n) is 31.5. The summed E-state index contributed by atoms with van der Waals surface area (Å²) in [7, 11) is 0. The van der Waals surface area contributed by atoms with E-state index >= 15 is 0 Å². The van der Waals surface area contributed by atoms with Gasteiger partial charge in [0, 0.05) is 0 Å². The lowest BCUT2D eigenvalue weighted by atomic mass is 9.99. The van der Waals surface area contributed by atoms with Crippen LogP contribution in [-0.2, 0) is 4.79 Å². The first-order chi connectivity index (χ1) is 23.0. The van der Waals surface area contributed by atoms with E-state index in [-0.39, 0.29) is 0 Å². The fraction of sp³-hybridized carbons (Fsp3) is 0.976. The molecule has 6 nitrogen and oxygen atoms in total. The third-order valence-electron chi connectivity index (χ3n) is 10.1. The van der Waals surface area contributed by atoms with E-state index in [0.29, 0.717) is 12.8 Å². The molecule has 0 rings (SSSR count). The highest BCUT2D eigenvalue weighted by Crippen LogP contribution is 2.17.